The van der Waals surface area contributed by atoms with E-state index in [1.54, 1.807) is 7.11 Å². The van der Waals surface area contributed by atoms with Gasteiger partial charge in [-0.15, -0.1) is 0 Å². The van der Waals surface area contributed by atoms with Crippen molar-refractivity contribution < 1.29 is 24.1 Å². The molecule has 4 atom stereocenters. The highest BCUT2D eigenvalue weighted by Gasteiger charge is 2.54. The molecule has 1 aromatic heterocycles. The van der Waals surface area contributed by atoms with E-state index >= 15 is 0 Å². The summed E-state index contributed by atoms with van der Waals surface area (Å²) in [6.07, 6.45) is 0.530. The summed E-state index contributed by atoms with van der Waals surface area (Å²) >= 11 is 0. The first-order valence-corrected chi connectivity index (χ1v) is 11.7. The Balaban J connectivity index is 2.22. The molecular weight excluding hydrogens is 428 g/mol. The van der Waals surface area contributed by atoms with Crippen molar-refractivity contribution in [1.82, 2.24) is 9.13 Å². The van der Waals surface area contributed by atoms with Crippen molar-refractivity contribution >= 4 is 0 Å². The quantitative estimate of drug-likeness (QED) is 0.493. The predicted octanol–water partition coefficient (Wildman–Crippen LogP) is 1.90. The lowest BCUT2D eigenvalue weighted by molar-refractivity contribution is -0.0520. The van der Waals surface area contributed by atoms with Gasteiger partial charge >= 0.3 is 5.69 Å². The van der Waals surface area contributed by atoms with E-state index in [1.807, 2.05) is 0 Å². The van der Waals surface area contributed by atoms with Crippen LogP contribution in [0.4, 0.5) is 0 Å². The van der Waals surface area contributed by atoms with E-state index in [0.29, 0.717) is 26.4 Å². The molecule has 9 heteroatoms. The third-order valence-corrected chi connectivity index (χ3v) is 6.22. The Morgan fingerprint density at radius 3 is 2.06 bits per heavy atom. The van der Waals surface area contributed by atoms with Crippen molar-refractivity contribution in [3.63, 3.8) is 0 Å². The highest BCUT2D eigenvalue weighted by molar-refractivity contribution is 5.01. The van der Waals surface area contributed by atoms with E-state index in [9.17, 15) is 14.7 Å². The first-order valence-electron chi connectivity index (χ1n) is 11.7. The van der Waals surface area contributed by atoms with Crippen LogP contribution in [0, 0.1) is 22.7 Å². The third kappa shape index (κ3) is 6.99. The normalized spacial score (nSPS) is 23.9. The maximum absolute atomic E-state index is 13.3. The largest absolute Gasteiger partial charge is 0.394 e. The molecule has 2 rings (SSSR count). The zero-order chi connectivity index (χ0) is 24.8. The monoisotopic (exact) mass is 470 g/mol. The number of rotatable bonds is 11. The molecule has 0 aliphatic carbocycles. The van der Waals surface area contributed by atoms with Gasteiger partial charge in [-0.3, -0.25) is 13.9 Å². The fourth-order valence-electron chi connectivity index (χ4n) is 4.77. The summed E-state index contributed by atoms with van der Waals surface area (Å²) in [5.74, 6) is -0.0139. The Hall–Kier alpha value is -1.52. The summed E-state index contributed by atoms with van der Waals surface area (Å²) in [5, 5.41) is 10.0. The van der Waals surface area contributed by atoms with Crippen molar-refractivity contribution in [1.29, 1.82) is 0 Å². The van der Waals surface area contributed by atoms with Crippen LogP contribution in [-0.4, -0.2) is 67.1 Å². The van der Waals surface area contributed by atoms with Gasteiger partial charge in [-0.2, -0.15) is 0 Å². The highest BCUT2D eigenvalue weighted by atomic mass is 16.5. The molecule has 1 aromatic rings. The number of hydrogen-bond acceptors (Lipinski definition) is 7. The summed E-state index contributed by atoms with van der Waals surface area (Å²) < 4.78 is 24.7. The van der Waals surface area contributed by atoms with Gasteiger partial charge in [-0.25, -0.2) is 4.79 Å². The fraction of sp³-hybridized carbons (Fsp3) is 0.833. The SMILES string of the molecule is COCCOCCOCCn1c(=O)ccn([C@@H]2O[C@H](CO)C(C(C)(C)C)C2C(C)(C)C)c1=O. The third-order valence-electron chi connectivity index (χ3n) is 6.22. The number of aliphatic hydroxyl groups is 1. The number of methoxy groups -OCH3 is 1. The van der Waals surface area contributed by atoms with Crippen molar-refractivity contribution in [2.24, 2.45) is 22.7 Å². The second-order valence-electron chi connectivity index (χ2n) is 10.7. The summed E-state index contributed by atoms with van der Waals surface area (Å²) in [6, 6.07) is 1.39. The molecule has 33 heavy (non-hydrogen) atoms. The van der Waals surface area contributed by atoms with Crippen LogP contribution >= 0.6 is 0 Å². The lowest BCUT2D eigenvalue weighted by Gasteiger charge is -2.41. The van der Waals surface area contributed by atoms with Crippen LogP contribution in [0.15, 0.2) is 21.9 Å². The summed E-state index contributed by atoms with van der Waals surface area (Å²) in [5.41, 5.74) is -1.16. The lowest BCUT2D eigenvalue weighted by Crippen LogP contribution is -2.45. The van der Waals surface area contributed by atoms with Gasteiger partial charge in [-0.05, 0) is 16.7 Å². The molecule has 0 spiro atoms. The molecular formula is C24H42N2O7. The number of nitrogens with zero attached hydrogens (tertiary/aromatic N) is 2. The maximum atomic E-state index is 13.3. The summed E-state index contributed by atoms with van der Waals surface area (Å²) in [4.78, 5) is 25.8. The van der Waals surface area contributed by atoms with E-state index in [-0.39, 0.29) is 48.0 Å². The van der Waals surface area contributed by atoms with Gasteiger partial charge < -0.3 is 24.1 Å². The number of aliphatic hydroxyl groups excluding tert-OH is 1. The van der Waals surface area contributed by atoms with Crippen molar-refractivity contribution in [2.45, 2.75) is 60.4 Å². The predicted molar refractivity (Wildman–Crippen MR) is 125 cm³/mol. The van der Waals surface area contributed by atoms with E-state index < -0.39 is 18.0 Å². The molecule has 0 saturated carbocycles. The molecule has 2 heterocycles. The van der Waals surface area contributed by atoms with E-state index in [0.717, 1.165) is 0 Å². The minimum absolute atomic E-state index is 0.0289. The van der Waals surface area contributed by atoms with Gasteiger partial charge in [0.15, 0.2) is 0 Å². The average Bonchev–Trinajstić information content (AvgIpc) is 3.12. The highest BCUT2D eigenvalue weighted by Crippen LogP contribution is 2.54. The lowest BCUT2D eigenvalue weighted by atomic mass is 9.63. The molecule has 0 amide bonds. The molecule has 9 nitrogen and oxygen atoms in total. The van der Waals surface area contributed by atoms with Gasteiger partial charge in [0.1, 0.15) is 6.23 Å². The molecule has 1 aliphatic rings. The Kier molecular flexibility index (Phi) is 9.87. The van der Waals surface area contributed by atoms with Crippen LogP contribution in [0.1, 0.15) is 47.8 Å². The Labute approximate surface area is 196 Å². The molecule has 2 unspecified atom stereocenters. The second-order valence-corrected chi connectivity index (χ2v) is 10.7. The van der Waals surface area contributed by atoms with Crippen LogP contribution in [0.2, 0.25) is 0 Å². The van der Waals surface area contributed by atoms with E-state index in [2.05, 4.69) is 41.5 Å². The van der Waals surface area contributed by atoms with Crippen molar-refractivity contribution in [3.05, 3.63) is 33.1 Å². The fourth-order valence-corrected chi connectivity index (χ4v) is 4.77. The zero-order valence-electron chi connectivity index (χ0n) is 21.2. The van der Waals surface area contributed by atoms with Crippen LogP contribution in [0.3, 0.4) is 0 Å². The Morgan fingerprint density at radius 1 is 0.939 bits per heavy atom. The van der Waals surface area contributed by atoms with Crippen LogP contribution in [0.5, 0.6) is 0 Å². The van der Waals surface area contributed by atoms with Gasteiger partial charge in [0.2, 0.25) is 0 Å². The topological polar surface area (TPSA) is 101 Å². The molecule has 1 saturated heterocycles. The van der Waals surface area contributed by atoms with E-state index in [4.69, 9.17) is 18.9 Å². The first kappa shape index (κ1) is 27.7. The second kappa shape index (κ2) is 11.8. The van der Waals surface area contributed by atoms with Gasteiger partial charge in [-0.1, -0.05) is 41.5 Å². The molecule has 0 bridgehead atoms. The molecule has 0 radical (unpaired) electrons. The standard InChI is InChI=1S/C24H42N2O7/c1-23(2,3)19-17(16-27)33-21(20(19)24(4,5)6)26-9-8-18(28)25(22(26)29)10-11-31-14-15-32-13-12-30-7/h8-9,17,19-21,27H,10-16H2,1-7H3/t17-,19?,20?,21-/m1/s1. The minimum atomic E-state index is -0.583. The van der Waals surface area contributed by atoms with E-state index in [1.165, 1.54) is 21.4 Å². The number of aromatic nitrogens is 2. The molecule has 0 aromatic carbocycles. The minimum Gasteiger partial charge on any atom is -0.394 e. The molecule has 190 valence electrons. The van der Waals surface area contributed by atoms with Gasteiger partial charge in [0.05, 0.1) is 52.3 Å². The smallest absolute Gasteiger partial charge is 0.333 e. The van der Waals surface area contributed by atoms with Crippen LogP contribution in [0.25, 0.3) is 0 Å². The molecule has 1 aliphatic heterocycles. The van der Waals surface area contributed by atoms with Crippen LogP contribution < -0.4 is 11.2 Å². The maximum Gasteiger partial charge on any atom is 0.333 e. The number of ether oxygens (including phenoxy) is 4. The average molecular weight is 471 g/mol. The van der Waals surface area contributed by atoms with Gasteiger partial charge in [0, 0.05) is 25.3 Å². The Morgan fingerprint density at radius 2 is 1.52 bits per heavy atom. The molecule has 1 fully saturated rings. The van der Waals surface area contributed by atoms with Crippen LogP contribution in [-0.2, 0) is 25.5 Å². The first-order chi connectivity index (χ1) is 15.4. The summed E-state index contributed by atoms with van der Waals surface area (Å²) in [6.45, 7) is 14.8. The zero-order valence-corrected chi connectivity index (χ0v) is 21.2. The molecule has 1 N–H and O–H groups in total. The van der Waals surface area contributed by atoms with Crippen molar-refractivity contribution in [3.8, 4) is 0 Å². The summed E-state index contributed by atoms with van der Waals surface area (Å²) in [7, 11) is 1.61. The van der Waals surface area contributed by atoms with Crippen molar-refractivity contribution in [2.75, 3.05) is 46.8 Å². The number of hydrogen-bond donors (Lipinski definition) is 1. The Bertz CT molecular complexity index is 850. The van der Waals surface area contributed by atoms with Gasteiger partial charge in [0.25, 0.3) is 5.56 Å².